The normalized spacial score (nSPS) is 10.2. The van der Waals surface area contributed by atoms with Crippen LogP contribution in [0.5, 0.6) is 5.88 Å². The van der Waals surface area contributed by atoms with Crippen molar-refractivity contribution in [2.75, 3.05) is 12.4 Å². The first kappa shape index (κ1) is 12.4. The van der Waals surface area contributed by atoms with Gasteiger partial charge in [0.1, 0.15) is 0 Å². The number of aryl methyl sites for hydroxylation is 1. The number of benzene rings is 1. The molecule has 1 aromatic carbocycles. The molecule has 0 aliphatic heterocycles. The summed E-state index contributed by atoms with van der Waals surface area (Å²) in [7, 11) is 1.63. The fraction of sp³-hybridized carbons (Fsp3) is 0.267. The van der Waals surface area contributed by atoms with Gasteiger partial charge in [0.15, 0.2) is 0 Å². The van der Waals surface area contributed by atoms with Crippen molar-refractivity contribution in [2.24, 2.45) is 0 Å². The highest BCUT2D eigenvalue weighted by molar-refractivity contribution is 5.53. The lowest BCUT2D eigenvalue weighted by atomic mass is 10.1. The van der Waals surface area contributed by atoms with Crippen LogP contribution in [-0.4, -0.2) is 12.1 Å². The highest BCUT2D eigenvalue weighted by Crippen LogP contribution is 2.18. The average molecular weight is 242 g/mol. The van der Waals surface area contributed by atoms with Gasteiger partial charge in [-0.1, -0.05) is 18.2 Å². The van der Waals surface area contributed by atoms with Crippen molar-refractivity contribution < 1.29 is 4.74 Å². The zero-order valence-corrected chi connectivity index (χ0v) is 11.0. The molecule has 0 radical (unpaired) electrons. The van der Waals surface area contributed by atoms with Crippen molar-refractivity contribution in [1.29, 1.82) is 0 Å². The Morgan fingerprint density at radius 2 is 1.89 bits per heavy atom. The Labute approximate surface area is 108 Å². The molecule has 1 aromatic heterocycles. The molecule has 0 amide bonds. The molecule has 0 aliphatic carbocycles. The summed E-state index contributed by atoms with van der Waals surface area (Å²) in [5.41, 5.74) is 4.69. The predicted molar refractivity (Wildman–Crippen MR) is 74.0 cm³/mol. The minimum Gasteiger partial charge on any atom is -0.481 e. The molecule has 0 saturated heterocycles. The summed E-state index contributed by atoms with van der Waals surface area (Å²) < 4.78 is 5.11. The van der Waals surface area contributed by atoms with E-state index in [2.05, 4.69) is 42.3 Å². The third-order valence-corrected chi connectivity index (χ3v) is 3.05. The molecule has 1 N–H and O–H groups in total. The van der Waals surface area contributed by atoms with Gasteiger partial charge in [0, 0.05) is 11.8 Å². The van der Waals surface area contributed by atoms with E-state index >= 15 is 0 Å². The third-order valence-electron chi connectivity index (χ3n) is 3.05. The number of anilines is 1. The molecular formula is C15H18N2O. The summed E-state index contributed by atoms with van der Waals surface area (Å²) in [5.74, 6) is 0.648. The fourth-order valence-corrected chi connectivity index (χ4v) is 1.80. The zero-order valence-electron chi connectivity index (χ0n) is 11.0. The van der Waals surface area contributed by atoms with Crippen molar-refractivity contribution in [3.05, 3.63) is 53.2 Å². The minimum atomic E-state index is 0.648. The van der Waals surface area contributed by atoms with Gasteiger partial charge < -0.3 is 10.1 Å². The Kier molecular flexibility index (Phi) is 3.82. The second-order valence-electron chi connectivity index (χ2n) is 4.27. The molecule has 2 rings (SSSR count). The topological polar surface area (TPSA) is 34.1 Å². The molecule has 0 aliphatic rings. The number of nitrogens with zero attached hydrogens (tertiary/aromatic N) is 1. The van der Waals surface area contributed by atoms with E-state index in [4.69, 9.17) is 4.74 Å². The number of ether oxygens (including phenoxy) is 1. The van der Waals surface area contributed by atoms with Gasteiger partial charge in [-0.15, -0.1) is 0 Å². The summed E-state index contributed by atoms with van der Waals surface area (Å²) in [4.78, 5) is 4.37. The maximum absolute atomic E-state index is 5.11. The van der Waals surface area contributed by atoms with Gasteiger partial charge >= 0.3 is 0 Å². The number of hydrogen-bond acceptors (Lipinski definition) is 3. The molecule has 18 heavy (non-hydrogen) atoms. The largest absolute Gasteiger partial charge is 0.481 e. The number of aromatic nitrogens is 1. The van der Waals surface area contributed by atoms with Crippen LogP contribution in [0.25, 0.3) is 0 Å². The Morgan fingerprint density at radius 1 is 1.11 bits per heavy atom. The highest BCUT2D eigenvalue weighted by atomic mass is 16.5. The molecule has 0 bridgehead atoms. The van der Waals surface area contributed by atoms with E-state index in [1.165, 1.54) is 11.1 Å². The lowest BCUT2D eigenvalue weighted by molar-refractivity contribution is 0.396. The lowest BCUT2D eigenvalue weighted by Gasteiger charge is -2.11. The monoisotopic (exact) mass is 242 g/mol. The van der Waals surface area contributed by atoms with Crippen LogP contribution in [0.4, 0.5) is 5.69 Å². The Bertz CT molecular complexity index is 538. The van der Waals surface area contributed by atoms with E-state index < -0.39 is 0 Å². The van der Waals surface area contributed by atoms with Crippen molar-refractivity contribution in [1.82, 2.24) is 4.98 Å². The van der Waals surface area contributed by atoms with Crippen LogP contribution in [0.2, 0.25) is 0 Å². The molecule has 1 heterocycles. The standard InChI is InChI=1S/C15H18N2O/c1-11-6-4-8-14(12(11)2)16-10-13-7-5-9-15(17-13)18-3/h4-9,16H,10H2,1-3H3. The number of hydrogen-bond donors (Lipinski definition) is 1. The first-order valence-corrected chi connectivity index (χ1v) is 6.00. The molecule has 2 aromatic rings. The fourth-order valence-electron chi connectivity index (χ4n) is 1.80. The number of nitrogens with one attached hydrogen (secondary N) is 1. The van der Waals surface area contributed by atoms with E-state index in [9.17, 15) is 0 Å². The van der Waals surface area contributed by atoms with E-state index in [0.717, 1.165) is 11.4 Å². The first-order chi connectivity index (χ1) is 8.70. The third kappa shape index (κ3) is 2.80. The van der Waals surface area contributed by atoms with Gasteiger partial charge in [-0.25, -0.2) is 4.98 Å². The molecule has 0 atom stereocenters. The lowest BCUT2D eigenvalue weighted by Crippen LogP contribution is -2.04. The average Bonchev–Trinajstić information content (AvgIpc) is 2.41. The summed E-state index contributed by atoms with van der Waals surface area (Å²) in [6, 6.07) is 12.0. The second kappa shape index (κ2) is 5.54. The van der Waals surface area contributed by atoms with Gasteiger partial charge in [0.2, 0.25) is 5.88 Å². The second-order valence-corrected chi connectivity index (χ2v) is 4.27. The van der Waals surface area contributed by atoms with Crippen LogP contribution in [0.3, 0.4) is 0 Å². The van der Waals surface area contributed by atoms with Crippen molar-refractivity contribution in [3.63, 3.8) is 0 Å². The van der Waals surface area contributed by atoms with Crippen molar-refractivity contribution >= 4 is 5.69 Å². The van der Waals surface area contributed by atoms with E-state index in [1.54, 1.807) is 7.11 Å². The smallest absolute Gasteiger partial charge is 0.213 e. The molecule has 0 fully saturated rings. The summed E-state index contributed by atoms with van der Waals surface area (Å²) in [6.07, 6.45) is 0. The van der Waals surface area contributed by atoms with Crippen LogP contribution < -0.4 is 10.1 Å². The van der Waals surface area contributed by atoms with Crippen LogP contribution in [0.15, 0.2) is 36.4 Å². The van der Waals surface area contributed by atoms with Gasteiger partial charge in [0.05, 0.1) is 19.3 Å². The summed E-state index contributed by atoms with van der Waals surface area (Å²) in [5, 5.41) is 3.40. The van der Waals surface area contributed by atoms with E-state index in [1.807, 2.05) is 18.2 Å². The van der Waals surface area contributed by atoms with Crippen molar-refractivity contribution in [2.45, 2.75) is 20.4 Å². The molecule has 94 valence electrons. The highest BCUT2D eigenvalue weighted by Gasteiger charge is 2.01. The predicted octanol–water partition coefficient (Wildman–Crippen LogP) is 3.32. The minimum absolute atomic E-state index is 0.648. The Balaban J connectivity index is 2.09. The van der Waals surface area contributed by atoms with Crippen LogP contribution in [-0.2, 0) is 6.54 Å². The quantitative estimate of drug-likeness (QED) is 0.893. The van der Waals surface area contributed by atoms with Crippen LogP contribution in [0.1, 0.15) is 16.8 Å². The molecular weight excluding hydrogens is 224 g/mol. The molecule has 0 unspecified atom stereocenters. The number of pyridine rings is 1. The van der Waals surface area contributed by atoms with Gasteiger partial charge in [-0.2, -0.15) is 0 Å². The van der Waals surface area contributed by atoms with Crippen LogP contribution >= 0.6 is 0 Å². The maximum Gasteiger partial charge on any atom is 0.213 e. The molecule has 3 nitrogen and oxygen atoms in total. The van der Waals surface area contributed by atoms with Gasteiger partial charge in [-0.05, 0) is 37.1 Å². The SMILES string of the molecule is COc1cccc(CNc2cccc(C)c2C)n1. The van der Waals surface area contributed by atoms with Crippen LogP contribution in [0, 0.1) is 13.8 Å². The van der Waals surface area contributed by atoms with E-state index in [0.29, 0.717) is 12.4 Å². The maximum atomic E-state index is 5.11. The Hall–Kier alpha value is -2.03. The number of methoxy groups -OCH3 is 1. The van der Waals surface area contributed by atoms with E-state index in [-0.39, 0.29) is 0 Å². The zero-order chi connectivity index (χ0) is 13.0. The first-order valence-electron chi connectivity index (χ1n) is 6.00. The van der Waals surface area contributed by atoms with Gasteiger partial charge in [0.25, 0.3) is 0 Å². The molecule has 0 saturated carbocycles. The van der Waals surface area contributed by atoms with Gasteiger partial charge in [-0.3, -0.25) is 0 Å². The van der Waals surface area contributed by atoms with Crippen molar-refractivity contribution in [3.8, 4) is 5.88 Å². The molecule has 0 spiro atoms. The summed E-state index contributed by atoms with van der Waals surface area (Å²) in [6.45, 7) is 4.93. The Morgan fingerprint density at radius 3 is 2.67 bits per heavy atom. The molecule has 3 heteroatoms. The summed E-state index contributed by atoms with van der Waals surface area (Å²) >= 11 is 0. The number of rotatable bonds is 4.